The molecule has 2 aromatic carbocycles. The fraction of sp³-hybridized carbons (Fsp3) is 0.250. The topological polar surface area (TPSA) is 124 Å². The number of benzene rings is 2. The number of aliphatic hydroxyl groups is 1. The van der Waals surface area contributed by atoms with Crippen LogP contribution in [0.3, 0.4) is 0 Å². The van der Waals surface area contributed by atoms with Crippen LogP contribution in [0.2, 0.25) is 0 Å². The summed E-state index contributed by atoms with van der Waals surface area (Å²) in [5.74, 6) is -0.692. The van der Waals surface area contributed by atoms with Gasteiger partial charge in [-0.1, -0.05) is 0 Å². The summed E-state index contributed by atoms with van der Waals surface area (Å²) in [6.07, 6.45) is 0.454. The third-order valence-corrected chi connectivity index (χ3v) is 4.63. The fourth-order valence-corrected chi connectivity index (χ4v) is 3.22. The van der Waals surface area contributed by atoms with E-state index in [-0.39, 0.29) is 63.4 Å². The zero-order valence-corrected chi connectivity index (χ0v) is 14.7. The Bertz CT molecular complexity index is 1260. The summed E-state index contributed by atoms with van der Waals surface area (Å²) in [6, 6.07) is 5.57. The standard InChI is InChI=1S/C20H18O7/c1-20(2,25)6-5-10-12(22)8-14-16(17(10)23)18(24)15-11-4-3-9(21)7-13(11)26-19(15)27-14/h3-4,7-8,21-23,25H,5-6H2,1-2H3. The van der Waals surface area contributed by atoms with Crippen LogP contribution in [0.4, 0.5) is 0 Å². The van der Waals surface area contributed by atoms with E-state index in [0.29, 0.717) is 5.39 Å². The second-order valence-corrected chi connectivity index (χ2v) is 7.28. The summed E-state index contributed by atoms with van der Waals surface area (Å²) in [5.41, 5.74) is -1.07. The van der Waals surface area contributed by atoms with E-state index in [4.69, 9.17) is 8.83 Å². The minimum atomic E-state index is -0.995. The monoisotopic (exact) mass is 370 g/mol. The van der Waals surface area contributed by atoms with Gasteiger partial charge in [0.1, 0.15) is 39.2 Å². The highest BCUT2D eigenvalue weighted by Crippen LogP contribution is 2.38. The molecule has 0 aliphatic carbocycles. The number of phenolic OH excluding ortho intramolecular Hbond substituents is 3. The SMILES string of the molecule is CC(C)(O)CCc1c(O)cc2oc3oc4cc(O)ccc4c3c(=O)c2c1O. The van der Waals surface area contributed by atoms with E-state index in [1.165, 1.54) is 24.3 Å². The minimum Gasteiger partial charge on any atom is -0.508 e. The van der Waals surface area contributed by atoms with Crippen molar-refractivity contribution in [1.82, 2.24) is 0 Å². The van der Waals surface area contributed by atoms with Crippen LogP contribution in [0.5, 0.6) is 17.2 Å². The normalized spacial score (nSPS) is 12.4. The van der Waals surface area contributed by atoms with Crippen molar-refractivity contribution < 1.29 is 29.3 Å². The molecular weight excluding hydrogens is 352 g/mol. The van der Waals surface area contributed by atoms with Crippen molar-refractivity contribution in [2.24, 2.45) is 0 Å². The number of hydrogen-bond donors (Lipinski definition) is 4. The van der Waals surface area contributed by atoms with Crippen LogP contribution in [0, 0.1) is 0 Å². The largest absolute Gasteiger partial charge is 0.508 e. The molecule has 2 heterocycles. The van der Waals surface area contributed by atoms with Gasteiger partial charge in [0.2, 0.25) is 5.43 Å². The maximum Gasteiger partial charge on any atom is 0.302 e. The van der Waals surface area contributed by atoms with Gasteiger partial charge >= 0.3 is 5.78 Å². The van der Waals surface area contributed by atoms with Gasteiger partial charge in [-0.15, -0.1) is 0 Å². The minimum absolute atomic E-state index is 0.0159. The molecule has 0 unspecified atom stereocenters. The fourth-order valence-electron chi connectivity index (χ4n) is 3.22. The van der Waals surface area contributed by atoms with E-state index in [1.54, 1.807) is 13.8 Å². The Morgan fingerprint density at radius 1 is 1.00 bits per heavy atom. The zero-order valence-electron chi connectivity index (χ0n) is 14.7. The molecule has 0 spiro atoms. The molecule has 0 saturated heterocycles. The molecular formula is C20H18O7. The molecule has 7 heteroatoms. The molecule has 0 saturated carbocycles. The lowest BCUT2D eigenvalue weighted by molar-refractivity contribution is 0.0711. The van der Waals surface area contributed by atoms with E-state index >= 15 is 0 Å². The summed E-state index contributed by atoms with van der Waals surface area (Å²) in [4.78, 5) is 13.1. The third kappa shape index (κ3) is 2.76. The predicted molar refractivity (Wildman–Crippen MR) is 99.4 cm³/mol. The number of rotatable bonds is 3. The van der Waals surface area contributed by atoms with Gasteiger partial charge in [-0.05, 0) is 38.8 Å². The first-order chi connectivity index (χ1) is 12.7. The quantitative estimate of drug-likeness (QED) is 0.435. The van der Waals surface area contributed by atoms with E-state index in [0.717, 1.165) is 0 Å². The van der Waals surface area contributed by atoms with Gasteiger partial charge in [-0.2, -0.15) is 0 Å². The van der Waals surface area contributed by atoms with Gasteiger partial charge in [0.25, 0.3) is 0 Å². The van der Waals surface area contributed by atoms with Gasteiger partial charge in [-0.3, -0.25) is 4.79 Å². The molecule has 0 aliphatic heterocycles. The molecule has 4 aromatic rings. The van der Waals surface area contributed by atoms with Crippen LogP contribution in [0.25, 0.3) is 33.1 Å². The summed E-state index contributed by atoms with van der Waals surface area (Å²) in [7, 11) is 0. The smallest absolute Gasteiger partial charge is 0.302 e. The number of fused-ring (bicyclic) bond motifs is 4. The molecule has 0 aliphatic rings. The summed E-state index contributed by atoms with van der Waals surface area (Å²) in [6.45, 7) is 3.24. The van der Waals surface area contributed by atoms with Crippen molar-refractivity contribution in [3.63, 3.8) is 0 Å². The average molecular weight is 370 g/mol. The second-order valence-electron chi connectivity index (χ2n) is 7.28. The molecule has 27 heavy (non-hydrogen) atoms. The molecule has 0 bridgehead atoms. The van der Waals surface area contributed by atoms with Gasteiger partial charge in [0.15, 0.2) is 0 Å². The number of aromatic hydroxyl groups is 3. The maximum atomic E-state index is 13.1. The van der Waals surface area contributed by atoms with Crippen LogP contribution in [-0.2, 0) is 6.42 Å². The van der Waals surface area contributed by atoms with E-state index < -0.39 is 11.0 Å². The number of furan rings is 1. The Balaban J connectivity index is 2.03. The Kier molecular flexibility index (Phi) is 3.61. The van der Waals surface area contributed by atoms with E-state index in [2.05, 4.69) is 0 Å². The average Bonchev–Trinajstić information content (AvgIpc) is 2.90. The highest BCUT2D eigenvalue weighted by Gasteiger charge is 2.23. The predicted octanol–water partition coefficient (Wildman–Crippen LogP) is 3.51. The summed E-state index contributed by atoms with van der Waals surface area (Å²) < 4.78 is 11.1. The molecule has 0 amide bonds. The van der Waals surface area contributed by atoms with Crippen LogP contribution in [0.15, 0.2) is 37.9 Å². The molecule has 7 nitrogen and oxygen atoms in total. The lowest BCUT2D eigenvalue weighted by atomic mass is 9.96. The van der Waals surface area contributed by atoms with Crippen molar-refractivity contribution >= 4 is 33.1 Å². The van der Waals surface area contributed by atoms with Crippen molar-refractivity contribution in [2.45, 2.75) is 32.3 Å². The highest BCUT2D eigenvalue weighted by atomic mass is 16.5. The van der Waals surface area contributed by atoms with E-state index in [9.17, 15) is 25.2 Å². The zero-order chi connectivity index (χ0) is 19.5. The van der Waals surface area contributed by atoms with Crippen molar-refractivity contribution in [3.8, 4) is 17.2 Å². The van der Waals surface area contributed by atoms with Crippen LogP contribution in [-0.4, -0.2) is 26.0 Å². The van der Waals surface area contributed by atoms with E-state index in [1.807, 2.05) is 0 Å². The van der Waals surface area contributed by atoms with Crippen molar-refractivity contribution in [1.29, 1.82) is 0 Å². The lowest BCUT2D eigenvalue weighted by Gasteiger charge is -2.18. The molecule has 4 rings (SSSR count). The maximum absolute atomic E-state index is 13.1. The van der Waals surface area contributed by atoms with Crippen molar-refractivity contribution in [3.05, 3.63) is 40.1 Å². The van der Waals surface area contributed by atoms with Crippen LogP contribution >= 0.6 is 0 Å². The van der Waals surface area contributed by atoms with Gasteiger partial charge in [-0.25, -0.2) is 0 Å². The molecule has 2 aromatic heterocycles. The van der Waals surface area contributed by atoms with Gasteiger partial charge in [0, 0.05) is 23.1 Å². The Hall–Kier alpha value is -3.19. The molecule has 4 N–H and O–H groups in total. The summed E-state index contributed by atoms with van der Waals surface area (Å²) >= 11 is 0. The summed E-state index contributed by atoms with van der Waals surface area (Å²) in [5, 5.41) is 40.9. The molecule has 140 valence electrons. The van der Waals surface area contributed by atoms with Crippen LogP contribution in [0.1, 0.15) is 25.8 Å². The lowest BCUT2D eigenvalue weighted by Crippen LogP contribution is -2.19. The van der Waals surface area contributed by atoms with Crippen molar-refractivity contribution in [2.75, 3.05) is 0 Å². The molecule has 0 radical (unpaired) electrons. The number of phenols is 3. The highest BCUT2D eigenvalue weighted by molar-refractivity contribution is 6.07. The van der Waals surface area contributed by atoms with Gasteiger partial charge in [0.05, 0.1) is 5.60 Å². The third-order valence-electron chi connectivity index (χ3n) is 4.63. The van der Waals surface area contributed by atoms with Gasteiger partial charge < -0.3 is 29.3 Å². The number of hydrogen-bond acceptors (Lipinski definition) is 7. The second kappa shape index (κ2) is 5.65. The Morgan fingerprint density at radius 2 is 1.70 bits per heavy atom. The molecule has 0 fully saturated rings. The first-order valence-corrected chi connectivity index (χ1v) is 8.44. The first-order valence-electron chi connectivity index (χ1n) is 8.44. The first kappa shape index (κ1) is 17.2. The van der Waals surface area contributed by atoms with Crippen LogP contribution < -0.4 is 5.43 Å². The Labute approximate surface area is 152 Å². The molecule has 0 atom stereocenters. The Morgan fingerprint density at radius 3 is 2.41 bits per heavy atom.